The molecule has 0 aromatic rings. The summed E-state index contributed by atoms with van der Waals surface area (Å²) in [6.07, 6.45) is 4.96. The van der Waals surface area contributed by atoms with Crippen LogP contribution in [0.1, 0.15) is 32.6 Å². The molecule has 76 valence electrons. The van der Waals surface area contributed by atoms with Gasteiger partial charge in [0.2, 0.25) is 0 Å². The van der Waals surface area contributed by atoms with Gasteiger partial charge in [0.1, 0.15) is 0 Å². The molecule has 0 unspecified atom stereocenters. The van der Waals surface area contributed by atoms with E-state index >= 15 is 0 Å². The second-order valence-electron chi connectivity index (χ2n) is 3.02. The molecule has 2 nitrogen and oxygen atoms in total. The van der Waals surface area contributed by atoms with E-state index in [-0.39, 0.29) is 0 Å². The van der Waals surface area contributed by atoms with Gasteiger partial charge in [-0.05, 0) is 12.2 Å². The molecule has 0 fully saturated rings. The minimum atomic E-state index is -0.874. The van der Waals surface area contributed by atoms with Crippen LogP contribution in [0.25, 0.3) is 0 Å². The van der Waals surface area contributed by atoms with Crippen LogP contribution in [0.2, 0.25) is 0 Å². The molecule has 0 bridgehead atoms. The molecule has 0 rings (SSSR count). The molecule has 1 N–H and O–H groups in total. The molecule has 0 aliphatic rings. The molecule has 0 saturated heterocycles. The summed E-state index contributed by atoms with van der Waals surface area (Å²) in [5.41, 5.74) is 0.306. The summed E-state index contributed by atoms with van der Waals surface area (Å²) in [6.45, 7) is 5.65. The summed E-state index contributed by atoms with van der Waals surface area (Å²) in [4.78, 5) is 10.4. The Hall–Kier alpha value is -0.440. The van der Waals surface area contributed by atoms with Crippen molar-refractivity contribution >= 4 is 17.7 Å². The van der Waals surface area contributed by atoms with E-state index in [1.165, 1.54) is 25.7 Å². The third-order valence-corrected chi connectivity index (χ3v) is 2.85. The van der Waals surface area contributed by atoms with E-state index in [9.17, 15) is 4.79 Å². The SMILES string of the molecule is C=C(CSCCCCCC)C(=O)O. The van der Waals surface area contributed by atoms with Gasteiger partial charge in [-0.1, -0.05) is 32.8 Å². The fraction of sp³-hybridized carbons (Fsp3) is 0.700. The first-order chi connectivity index (χ1) is 6.18. The van der Waals surface area contributed by atoms with E-state index in [1.54, 1.807) is 11.8 Å². The fourth-order valence-corrected chi connectivity index (χ4v) is 1.81. The van der Waals surface area contributed by atoms with Crippen molar-refractivity contribution in [2.24, 2.45) is 0 Å². The standard InChI is InChI=1S/C10H18O2S/c1-3-4-5-6-7-13-8-9(2)10(11)12/h2-8H2,1H3,(H,11,12). The molecule has 13 heavy (non-hydrogen) atoms. The van der Waals surface area contributed by atoms with Crippen LogP contribution in [0.5, 0.6) is 0 Å². The Balaban J connectivity index is 3.16. The average molecular weight is 202 g/mol. The highest BCUT2D eigenvalue weighted by Crippen LogP contribution is 2.10. The van der Waals surface area contributed by atoms with Crippen LogP contribution in [-0.4, -0.2) is 22.6 Å². The predicted molar refractivity (Wildman–Crippen MR) is 58.2 cm³/mol. The van der Waals surface area contributed by atoms with Crippen LogP contribution in [0, 0.1) is 0 Å². The highest BCUT2D eigenvalue weighted by Gasteiger charge is 2.02. The number of carbonyl (C=O) groups is 1. The molecule has 0 saturated carbocycles. The highest BCUT2D eigenvalue weighted by molar-refractivity contribution is 7.99. The minimum absolute atomic E-state index is 0.306. The van der Waals surface area contributed by atoms with Crippen molar-refractivity contribution in [3.8, 4) is 0 Å². The van der Waals surface area contributed by atoms with Crippen molar-refractivity contribution in [1.82, 2.24) is 0 Å². The first-order valence-corrected chi connectivity index (χ1v) is 5.82. The van der Waals surface area contributed by atoms with Gasteiger partial charge in [-0.25, -0.2) is 4.79 Å². The van der Waals surface area contributed by atoms with Crippen LogP contribution >= 0.6 is 11.8 Å². The zero-order chi connectivity index (χ0) is 10.1. The van der Waals surface area contributed by atoms with Crippen molar-refractivity contribution in [2.45, 2.75) is 32.6 Å². The quantitative estimate of drug-likeness (QED) is 0.485. The van der Waals surface area contributed by atoms with E-state index < -0.39 is 5.97 Å². The lowest BCUT2D eigenvalue weighted by molar-refractivity contribution is -0.132. The maximum atomic E-state index is 10.4. The zero-order valence-electron chi connectivity index (χ0n) is 8.21. The van der Waals surface area contributed by atoms with Crippen molar-refractivity contribution < 1.29 is 9.90 Å². The maximum Gasteiger partial charge on any atom is 0.331 e. The molecule has 0 aliphatic heterocycles. The van der Waals surface area contributed by atoms with Gasteiger partial charge in [0, 0.05) is 11.3 Å². The summed E-state index contributed by atoms with van der Waals surface area (Å²) in [7, 11) is 0. The number of thioether (sulfide) groups is 1. The molecule has 0 aliphatic carbocycles. The molecule has 0 aromatic heterocycles. The number of carboxylic acids is 1. The van der Waals surface area contributed by atoms with E-state index in [0.29, 0.717) is 11.3 Å². The molecule has 3 heteroatoms. The van der Waals surface area contributed by atoms with Crippen LogP contribution in [0.3, 0.4) is 0 Å². The maximum absolute atomic E-state index is 10.4. The molecular weight excluding hydrogens is 184 g/mol. The first-order valence-electron chi connectivity index (χ1n) is 4.67. The lowest BCUT2D eigenvalue weighted by Gasteiger charge is -2.00. The Morgan fingerprint density at radius 1 is 1.38 bits per heavy atom. The molecule has 0 amide bonds. The van der Waals surface area contributed by atoms with Crippen LogP contribution in [-0.2, 0) is 4.79 Å². The smallest absolute Gasteiger partial charge is 0.331 e. The van der Waals surface area contributed by atoms with Crippen molar-refractivity contribution in [2.75, 3.05) is 11.5 Å². The monoisotopic (exact) mass is 202 g/mol. The summed E-state index contributed by atoms with van der Waals surface area (Å²) < 4.78 is 0. The lowest BCUT2D eigenvalue weighted by atomic mass is 10.2. The van der Waals surface area contributed by atoms with Crippen LogP contribution in [0.4, 0.5) is 0 Å². The van der Waals surface area contributed by atoms with Crippen molar-refractivity contribution in [1.29, 1.82) is 0 Å². The molecule has 0 spiro atoms. The summed E-state index contributed by atoms with van der Waals surface area (Å²) >= 11 is 1.66. The van der Waals surface area contributed by atoms with E-state index in [1.807, 2.05) is 0 Å². The molecule has 0 radical (unpaired) electrons. The normalized spacial score (nSPS) is 9.92. The topological polar surface area (TPSA) is 37.3 Å². The van der Waals surface area contributed by atoms with E-state index in [2.05, 4.69) is 13.5 Å². The highest BCUT2D eigenvalue weighted by atomic mass is 32.2. The largest absolute Gasteiger partial charge is 0.478 e. The number of hydrogen-bond acceptors (Lipinski definition) is 2. The fourth-order valence-electron chi connectivity index (χ4n) is 0.888. The third kappa shape index (κ3) is 7.91. The summed E-state index contributed by atoms with van der Waals surface area (Å²) in [5, 5.41) is 8.51. The van der Waals surface area contributed by atoms with Gasteiger partial charge in [-0.15, -0.1) is 0 Å². The van der Waals surface area contributed by atoms with Gasteiger partial charge in [0.05, 0.1) is 0 Å². The van der Waals surface area contributed by atoms with Gasteiger partial charge >= 0.3 is 5.97 Å². The molecular formula is C10H18O2S. The van der Waals surface area contributed by atoms with Gasteiger partial charge in [-0.2, -0.15) is 11.8 Å². The van der Waals surface area contributed by atoms with Crippen molar-refractivity contribution in [3.05, 3.63) is 12.2 Å². The minimum Gasteiger partial charge on any atom is -0.478 e. The third-order valence-electron chi connectivity index (χ3n) is 1.72. The Labute approximate surface area is 84.4 Å². The summed E-state index contributed by atoms with van der Waals surface area (Å²) in [6, 6.07) is 0. The first kappa shape index (κ1) is 12.6. The van der Waals surface area contributed by atoms with Crippen LogP contribution < -0.4 is 0 Å². The second-order valence-corrected chi connectivity index (χ2v) is 4.13. The number of hydrogen-bond donors (Lipinski definition) is 1. The number of carboxylic acid groups (broad SMARTS) is 1. The number of unbranched alkanes of at least 4 members (excludes halogenated alkanes) is 3. The number of aliphatic carboxylic acids is 1. The van der Waals surface area contributed by atoms with Gasteiger partial charge < -0.3 is 5.11 Å². The Morgan fingerprint density at radius 2 is 2.08 bits per heavy atom. The number of rotatable bonds is 8. The Morgan fingerprint density at radius 3 is 2.62 bits per heavy atom. The van der Waals surface area contributed by atoms with Crippen LogP contribution in [0.15, 0.2) is 12.2 Å². The van der Waals surface area contributed by atoms with Crippen molar-refractivity contribution in [3.63, 3.8) is 0 Å². The second kappa shape index (κ2) is 8.17. The molecule has 0 aromatic carbocycles. The predicted octanol–water partition coefficient (Wildman–Crippen LogP) is 2.94. The zero-order valence-corrected chi connectivity index (χ0v) is 9.03. The summed E-state index contributed by atoms with van der Waals surface area (Å²) in [5.74, 6) is 0.731. The van der Waals surface area contributed by atoms with Gasteiger partial charge in [0.15, 0.2) is 0 Å². The molecule has 0 atom stereocenters. The Bertz CT molecular complexity index is 166. The van der Waals surface area contributed by atoms with E-state index in [4.69, 9.17) is 5.11 Å². The van der Waals surface area contributed by atoms with Gasteiger partial charge in [-0.3, -0.25) is 0 Å². The average Bonchev–Trinajstić information content (AvgIpc) is 2.10. The van der Waals surface area contributed by atoms with E-state index in [0.717, 1.165) is 5.75 Å². The molecule has 0 heterocycles. The Kier molecular flexibility index (Phi) is 7.90. The van der Waals surface area contributed by atoms with Gasteiger partial charge in [0.25, 0.3) is 0 Å². The lowest BCUT2D eigenvalue weighted by Crippen LogP contribution is -2.01.